The zero-order chi connectivity index (χ0) is 23.6. The normalized spacial score (nSPS) is 27.6. The number of para-hydroxylation sites is 1. The number of nitrogens with one attached hydrogen (secondary N) is 2. The first kappa shape index (κ1) is 21.4. The summed E-state index contributed by atoms with van der Waals surface area (Å²) in [4.78, 5) is 34.4. The molecule has 7 rings (SSSR count). The van der Waals surface area contributed by atoms with Gasteiger partial charge >= 0.3 is 0 Å². The van der Waals surface area contributed by atoms with Gasteiger partial charge in [0.05, 0.1) is 11.7 Å². The number of rotatable bonds is 5. The molecule has 0 spiro atoms. The van der Waals surface area contributed by atoms with Gasteiger partial charge in [0, 0.05) is 23.0 Å². The summed E-state index contributed by atoms with van der Waals surface area (Å²) in [6, 6.07) is 7.14. The fraction of sp³-hybridized carbons (Fsp3) is 0.519. The fourth-order valence-corrected chi connectivity index (χ4v) is 7.41. The monoisotopic (exact) mass is 460 g/mol. The molecule has 2 heterocycles. The lowest BCUT2D eigenvalue weighted by molar-refractivity contribution is -0.00698. The van der Waals surface area contributed by atoms with E-state index in [0.717, 1.165) is 23.4 Å². The lowest BCUT2D eigenvalue weighted by atomic mass is 9.49. The van der Waals surface area contributed by atoms with Crippen molar-refractivity contribution in [3.63, 3.8) is 0 Å². The van der Waals surface area contributed by atoms with Gasteiger partial charge in [0.2, 0.25) is 5.95 Å². The van der Waals surface area contributed by atoms with Crippen LogP contribution in [0.2, 0.25) is 0 Å². The molecule has 1 amide bonds. The molecule has 7 nitrogen and oxygen atoms in total. The number of anilines is 1. The number of fused-ring (bicyclic) bond motifs is 1. The van der Waals surface area contributed by atoms with E-state index in [9.17, 15) is 14.7 Å². The van der Waals surface area contributed by atoms with Crippen LogP contribution in [0.4, 0.5) is 5.95 Å². The Hall–Kier alpha value is -3.09. The highest BCUT2D eigenvalue weighted by atomic mass is 16.3. The van der Waals surface area contributed by atoms with Crippen LogP contribution in [-0.2, 0) is 12.0 Å². The summed E-state index contributed by atoms with van der Waals surface area (Å²) in [7, 11) is 0. The summed E-state index contributed by atoms with van der Waals surface area (Å²) in [5.41, 5.74) is 1.13. The van der Waals surface area contributed by atoms with Gasteiger partial charge in [0.1, 0.15) is 11.3 Å². The van der Waals surface area contributed by atoms with Crippen LogP contribution in [0.25, 0.3) is 10.9 Å². The summed E-state index contributed by atoms with van der Waals surface area (Å²) in [6.45, 7) is 4.49. The number of H-pyrrole nitrogens is 1. The Morgan fingerprint density at radius 3 is 2.47 bits per heavy atom. The average Bonchev–Trinajstić information content (AvgIpc) is 3.25. The van der Waals surface area contributed by atoms with Crippen LogP contribution in [0.1, 0.15) is 68.4 Å². The molecule has 4 aliphatic rings. The number of hydrogen-bond acceptors (Lipinski definition) is 4. The van der Waals surface area contributed by atoms with E-state index < -0.39 is 11.5 Å². The third-order valence-electron chi connectivity index (χ3n) is 8.34. The highest BCUT2D eigenvalue weighted by Gasteiger charge is 2.52. The third kappa shape index (κ3) is 3.36. The topological polar surface area (TPSA) is 100 Å². The van der Waals surface area contributed by atoms with Gasteiger partial charge in [-0.05, 0) is 74.3 Å². The maximum Gasteiger partial charge on any atom is 0.267 e. The Bertz CT molecular complexity index is 1300. The minimum Gasteiger partial charge on any atom is -0.506 e. The number of carbonyl (C=O) groups is 1. The van der Waals surface area contributed by atoms with Crippen molar-refractivity contribution >= 4 is 22.8 Å². The number of benzene rings is 1. The molecule has 0 saturated heterocycles. The predicted octanol–water partition coefficient (Wildman–Crippen LogP) is 4.81. The van der Waals surface area contributed by atoms with E-state index in [4.69, 9.17) is 0 Å². The van der Waals surface area contributed by atoms with E-state index in [0.29, 0.717) is 23.4 Å². The van der Waals surface area contributed by atoms with Crippen LogP contribution in [0.15, 0.2) is 35.3 Å². The van der Waals surface area contributed by atoms with Crippen LogP contribution in [-0.4, -0.2) is 25.5 Å². The van der Waals surface area contributed by atoms with Gasteiger partial charge in [0.25, 0.3) is 11.5 Å². The Labute approximate surface area is 198 Å². The van der Waals surface area contributed by atoms with E-state index in [1.165, 1.54) is 38.5 Å². The highest BCUT2D eigenvalue weighted by molar-refractivity contribution is 6.08. The van der Waals surface area contributed by atoms with E-state index in [2.05, 4.69) is 15.3 Å². The highest BCUT2D eigenvalue weighted by Crippen LogP contribution is 2.60. The summed E-state index contributed by atoms with van der Waals surface area (Å²) in [6.07, 6.45) is 9.53. The van der Waals surface area contributed by atoms with E-state index in [1.807, 2.05) is 26.1 Å². The maximum atomic E-state index is 13.3. The molecular weight excluding hydrogens is 428 g/mol. The summed E-state index contributed by atoms with van der Waals surface area (Å²) < 4.78 is 1.58. The smallest absolute Gasteiger partial charge is 0.267 e. The van der Waals surface area contributed by atoms with Crippen LogP contribution >= 0.6 is 0 Å². The average molecular weight is 461 g/mol. The SMILES string of the molecule is CC(C)Cn1c(=O)c(C(=O)Nc2ncc(C34CC5CC(CC(C5)C3)C4)[nH]2)c(O)c2ccccc21. The number of hydrogen-bond donors (Lipinski definition) is 3. The number of carbonyl (C=O) groups excluding carboxylic acids is 1. The largest absolute Gasteiger partial charge is 0.506 e. The number of aromatic amines is 1. The molecule has 1 aromatic carbocycles. The predicted molar refractivity (Wildman–Crippen MR) is 131 cm³/mol. The second-order valence-electron chi connectivity index (χ2n) is 11.3. The van der Waals surface area contributed by atoms with Gasteiger partial charge in [-0.2, -0.15) is 0 Å². The van der Waals surface area contributed by atoms with E-state index in [1.54, 1.807) is 22.8 Å². The van der Waals surface area contributed by atoms with Crippen molar-refractivity contribution in [2.75, 3.05) is 5.32 Å². The molecule has 4 saturated carbocycles. The Morgan fingerprint density at radius 1 is 1.18 bits per heavy atom. The second-order valence-corrected chi connectivity index (χ2v) is 11.3. The molecule has 3 aromatic rings. The van der Waals surface area contributed by atoms with Gasteiger partial charge in [0.15, 0.2) is 0 Å². The van der Waals surface area contributed by atoms with Crippen LogP contribution < -0.4 is 10.9 Å². The quantitative estimate of drug-likeness (QED) is 0.509. The first-order chi connectivity index (χ1) is 16.3. The number of aromatic hydroxyl groups is 1. The molecule has 0 aliphatic heterocycles. The van der Waals surface area contributed by atoms with Crippen LogP contribution in [0.3, 0.4) is 0 Å². The van der Waals surface area contributed by atoms with Crippen molar-refractivity contribution in [3.8, 4) is 5.75 Å². The lowest BCUT2D eigenvalue weighted by Gasteiger charge is -2.56. The molecule has 34 heavy (non-hydrogen) atoms. The summed E-state index contributed by atoms with van der Waals surface area (Å²) in [5, 5.41) is 14.1. The van der Waals surface area contributed by atoms with E-state index in [-0.39, 0.29) is 22.6 Å². The number of pyridine rings is 1. The Balaban J connectivity index is 1.32. The molecular formula is C27H32N4O3. The molecule has 7 heteroatoms. The molecule has 4 fully saturated rings. The maximum absolute atomic E-state index is 13.3. The van der Waals surface area contributed by atoms with Crippen molar-refractivity contribution < 1.29 is 9.90 Å². The molecule has 4 aliphatic carbocycles. The van der Waals surface area contributed by atoms with Gasteiger partial charge < -0.3 is 14.7 Å². The van der Waals surface area contributed by atoms with Crippen molar-refractivity contribution in [2.45, 2.75) is 64.3 Å². The van der Waals surface area contributed by atoms with Crippen LogP contribution in [0, 0.1) is 23.7 Å². The second kappa shape index (κ2) is 7.72. The molecule has 0 radical (unpaired) electrons. The number of nitrogens with zero attached hydrogens (tertiary/aromatic N) is 2. The fourth-order valence-electron chi connectivity index (χ4n) is 7.41. The zero-order valence-electron chi connectivity index (χ0n) is 19.8. The minimum absolute atomic E-state index is 0.139. The first-order valence-electron chi connectivity index (χ1n) is 12.5. The Morgan fingerprint density at radius 2 is 1.82 bits per heavy atom. The van der Waals surface area contributed by atoms with E-state index >= 15 is 0 Å². The van der Waals surface area contributed by atoms with Crippen molar-refractivity contribution in [1.82, 2.24) is 14.5 Å². The first-order valence-corrected chi connectivity index (χ1v) is 12.5. The zero-order valence-corrected chi connectivity index (χ0v) is 19.8. The minimum atomic E-state index is -0.642. The number of amides is 1. The number of aromatic nitrogens is 3. The van der Waals surface area contributed by atoms with Gasteiger partial charge in [-0.1, -0.05) is 26.0 Å². The molecule has 3 N–H and O–H groups in total. The van der Waals surface area contributed by atoms with Gasteiger partial charge in [-0.25, -0.2) is 4.98 Å². The summed E-state index contributed by atoms with van der Waals surface area (Å²) in [5.74, 6) is 2.03. The molecule has 178 valence electrons. The van der Waals surface area contributed by atoms with Crippen molar-refractivity contribution in [2.24, 2.45) is 23.7 Å². The van der Waals surface area contributed by atoms with Crippen molar-refractivity contribution in [1.29, 1.82) is 0 Å². The standard InChI is InChI=1S/C27H32N4O3/c1-15(2)14-31-20-6-4-3-5-19(20)23(32)22(25(31)34)24(33)30-26-28-13-21(29-26)27-10-16-7-17(11-27)9-18(8-16)12-27/h3-6,13,15-18,32H,7-12,14H2,1-2H3,(H2,28,29,30,33). The van der Waals surface area contributed by atoms with Gasteiger partial charge in [-0.3, -0.25) is 14.9 Å². The third-order valence-corrected chi connectivity index (χ3v) is 8.34. The lowest BCUT2D eigenvalue weighted by Crippen LogP contribution is -2.48. The van der Waals surface area contributed by atoms with Crippen LogP contribution in [0.5, 0.6) is 5.75 Å². The molecule has 0 atom stereocenters. The summed E-state index contributed by atoms with van der Waals surface area (Å²) >= 11 is 0. The molecule has 0 unspecified atom stereocenters. The van der Waals surface area contributed by atoms with Crippen molar-refractivity contribution in [3.05, 3.63) is 52.1 Å². The Kier molecular flexibility index (Phi) is 4.87. The molecule has 2 aromatic heterocycles. The van der Waals surface area contributed by atoms with Gasteiger partial charge in [-0.15, -0.1) is 0 Å². The number of imidazole rings is 1. The molecule has 4 bridgehead atoms.